The summed E-state index contributed by atoms with van der Waals surface area (Å²) in [5, 5.41) is 11.7. The van der Waals surface area contributed by atoms with E-state index in [1.807, 2.05) is 0 Å². The van der Waals surface area contributed by atoms with Crippen molar-refractivity contribution < 1.29 is 5.21 Å². The lowest BCUT2D eigenvalue weighted by molar-refractivity contribution is -0.0925. The van der Waals surface area contributed by atoms with E-state index in [1.54, 1.807) is 5.06 Å². The van der Waals surface area contributed by atoms with Crippen LogP contribution in [-0.2, 0) is 0 Å². The molecule has 0 aromatic carbocycles. The van der Waals surface area contributed by atoms with Crippen molar-refractivity contribution in [3.05, 3.63) is 0 Å². The van der Waals surface area contributed by atoms with Crippen LogP contribution in [0.3, 0.4) is 0 Å². The SMILES string of the molecule is CCCCCCCCCCCCCCCCCN(O)CCCCCCCCCCCCCCCCC. The van der Waals surface area contributed by atoms with Gasteiger partial charge in [0.2, 0.25) is 0 Å². The van der Waals surface area contributed by atoms with E-state index < -0.39 is 0 Å². The van der Waals surface area contributed by atoms with Crippen molar-refractivity contribution >= 4 is 0 Å². The molecule has 218 valence electrons. The lowest BCUT2D eigenvalue weighted by atomic mass is 10.0. The summed E-state index contributed by atoms with van der Waals surface area (Å²) in [7, 11) is 0. The largest absolute Gasteiger partial charge is 0.314 e. The first-order chi connectivity index (χ1) is 17.8. The average Bonchev–Trinajstić information content (AvgIpc) is 2.88. The topological polar surface area (TPSA) is 23.5 Å². The summed E-state index contributed by atoms with van der Waals surface area (Å²) in [5.41, 5.74) is 0. The van der Waals surface area contributed by atoms with Gasteiger partial charge >= 0.3 is 0 Å². The molecule has 0 aromatic rings. The Morgan fingerprint density at radius 1 is 0.278 bits per heavy atom. The third-order valence-electron chi connectivity index (χ3n) is 8.04. The van der Waals surface area contributed by atoms with Crippen LogP contribution in [0, 0.1) is 0 Å². The zero-order valence-electron chi connectivity index (χ0n) is 25.5. The molecular formula is C34H71NO. The van der Waals surface area contributed by atoms with Gasteiger partial charge in [-0.2, -0.15) is 5.06 Å². The van der Waals surface area contributed by atoms with E-state index in [0.29, 0.717) is 0 Å². The molecule has 2 nitrogen and oxygen atoms in total. The molecule has 36 heavy (non-hydrogen) atoms. The third-order valence-corrected chi connectivity index (χ3v) is 8.04. The molecule has 0 radical (unpaired) electrons. The zero-order chi connectivity index (χ0) is 26.2. The summed E-state index contributed by atoms with van der Waals surface area (Å²) >= 11 is 0. The maximum atomic E-state index is 10.1. The Morgan fingerprint density at radius 3 is 0.639 bits per heavy atom. The third kappa shape index (κ3) is 31.9. The molecule has 0 heterocycles. The van der Waals surface area contributed by atoms with Crippen molar-refractivity contribution in [2.75, 3.05) is 13.1 Å². The molecule has 2 heteroatoms. The molecule has 0 fully saturated rings. The Kier molecular flexibility index (Phi) is 32.9. The summed E-state index contributed by atoms with van der Waals surface area (Å²) < 4.78 is 0. The van der Waals surface area contributed by atoms with E-state index in [2.05, 4.69) is 13.8 Å². The van der Waals surface area contributed by atoms with Gasteiger partial charge in [-0.1, -0.05) is 194 Å². The molecule has 0 unspecified atom stereocenters. The number of rotatable bonds is 32. The Hall–Kier alpha value is -0.0800. The fourth-order valence-electron chi connectivity index (χ4n) is 5.44. The van der Waals surface area contributed by atoms with Crippen molar-refractivity contribution in [2.45, 2.75) is 206 Å². The highest BCUT2D eigenvalue weighted by atomic mass is 16.5. The highest BCUT2D eigenvalue weighted by molar-refractivity contribution is 4.53. The predicted molar refractivity (Wildman–Crippen MR) is 163 cm³/mol. The minimum absolute atomic E-state index is 0.872. The minimum Gasteiger partial charge on any atom is -0.314 e. The van der Waals surface area contributed by atoms with Crippen molar-refractivity contribution in [1.29, 1.82) is 0 Å². The van der Waals surface area contributed by atoms with Crippen LogP contribution in [0.2, 0.25) is 0 Å². The fraction of sp³-hybridized carbons (Fsp3) is 1.00. The summed E-state index contributed by atoms with van der Waals surface area (Å²) in [6.45, 7) is 6.33. The molecule has 0 spiro atoms. The molecule has 0 saturated carbocycles. The van der Waals surface area contributed by atoms with Gasteiger partial charge in [0.15, 0.2) is 0 Å². The van der Waals surface area contributed by atoms with E-state index in [1.165, 1.54) is 180 Å². The molecule has 0 amide bonds. The molecule has 0 aliphatic carbocycles. The van der Waals surface area contributed by atoms with Crippen LogP contribution in [0.5, 0.6) is 0 Å². The number of hydrogen-bond acceptors (Lipinski definition) is 2. The number of hydrogen-bond donors (Lipinski definition) is 1. The summed E-state index contributed by atoms with van der Waals surface area (Å²) in [5.74, 6) is 0. The van der Waals surface area contributed by atoms with E-state index >= 15 is 0 Å². The van der Waals surface area contributed by atoms with Gasteiger partial charge in [0.25, 0.3) is 0 Å². The van der Waals surface area contributed by atoms with Gasteiger partial charge in [0.1, 0.15) is 0 Å². The zero-order valence-corrected chi connectivity index (χ0v) is 25.5. The normalized spacial score (nSPS) is 11.7. The quantitative estimate of drug-likeness (QED) is 0.0719. The molecule has 0 atom stereocenters. The molecule has 0 aliphatic heterocycles. The Labute approximate surface area is 229 Å². The first kappa shape index (κ1) is 35.9. The minimum atomic E-state index is 0.872. The van der Waals surface area contributed by atoms with Crippen LogP contribution in [-0.4, -0.2) is 23.4 Å². The Balaban J connectivity index is 3.13. The highest BCUT2D eigenvalue weighted by Crippen LogP contribution is 2.15. The molecule has 0 aliphatic rings. The second kappa shape index (κ2) is 32.9. The lowest BCUT2D eigenvalue weighted by Crippen LogP contribution is -2.21. The van der Waals surface area contributed by atoms with Gasteiger partial charge in [-0.05, 0) is 12.8 Å². The Bertz CT molecular complexity index is 338. The van der Waals surface area contributed by atoms with Crippen molar-refractivity contribution in [3.63, 3.8) is 0 Å². The van der Waals surface area contributed by atoms with E-state index in [9.17, 15) is 5.21 Å². The van der Waals surface area contributed by atoms with E-state index in [-0.39, 0.29) is 0 Å². The standard InChI is InChI=1S/C34H71NO/c1-3-5-7-9-11-13-15-17-19-21-23-25-27-29-31-33-35(36)34-32-30-28-26-24-22-20-18-16-14-12-10-8-6-4-2/h36H,3-34H2,1-2H3. The molecule has 1 N–H and O–H groups in total. The highest BCUT2D eigenvalue weighted by Gasteiger charge is 2.01. The first-order valence-corrected chi connectivity index (χ1v) is 17.2. The second-order valence-corrected chi connectivity index (χ2v) is 11.9. The van der Waals surface area contributed by atoms with Gasteiger partial charge in [-0.3, -0.25) is 0 Å². The number of unbranched alkanes of at least 4 members (excludes halogenated alkanes) is 28. The second-order valence-electron chi connectivity index (χ2n) is 11.9. The van der Waals surface area contributed by atoms with Crippen LogP contribution in [0.25, 0.3) is 0 Å². The molecule has 0 aromatic heterocycles. The smallest absolute Gasteiger partial charge is 0.0238 e. The first-order valence-electron chi connectivity index (χ1n) is 17.2. The van der Waals surface area contributed by atoms with Gasteiger partial charge in [-0.15, -0.1) is 0 Å². The fourth-order valence-corrected chi connectivity index (χ4v) is 5.44. The van der Waals surface area contributed by atoms with Gasteiger partial charge in [-0.25, -0.2) is 0 Å². The lowest BCUT2D eigenvalue weighted by Gasteiger charge is -2.14. The predicted octanol–water partition coefficient (Wildman–Crippen LogP) is 12.4. The summed E-state index contributed by atoms with van der Waals surface area (Å²) in [6, 6.07) is 0. The monoisotopic (exact) mass is 510 g/mol. The maximum absolute atomic E-state index is 10.1. The van der Waals surface area contributed by atoms with Crippen LogP contribution < -0.4 is 0 Å². The number of nitrogens with zero attached hydrogens (tertiary/aromatic N) is 1. The Morgan fingerprint density at radius 2 is 0.444 bits per heavy atom. The summed E-state index contributed by atoms with van der Waals surface area (Å²) in [4.78, 5) is 0. The van der Waals surface area contributed by atoms with Crippen molar-refractivity contribution in [3.8, 4) is 0 Å². The van der Waals surface area contributed by atoms with Crippen LogP contribution in [0.4, 0.5) is 0 Å². The van der Waals surface area contributed by atoms with Crippen LogP contribution >= 0.6 is 0 Å². The molecule has 0 bridgehead atoms. The molecule has 0 rings (SSSR count). The van der Waals surface area contributed by atoms with E-state index in [4.69, 9.17) is 0 Å². The maximum Gasteiger partial charge on any atom is 0.0238 e. The van der Waals surface area contributed by atoms with Gasteiger partial charge in [0.05, 0.1) is 0 Å². The van der Waals surface area contributed by atoms with E-state index in [0.717, 1.165) is 25.9 Å². The number of hydroxylamine groups is 2. The van der Waals surface area contributed by atoms with Gasteiger partial charge in [0, 0.05) is 13.1 Å². The summed E-state index contributed by atoms with van der Waals surface area (Å²) in [6.07, 6.45) is 42.0. The average molecular weight is 510 g/mol. The van der Waals surface area contributed by atoms with Crippen LogP contribution in [0.1, 0.15) is 206 Å². The van der Waals surface area contributed by atoms with Crippen molar-refractivity contribution in [1.82, 2.24) is 5.06 Å². The molecule has 0 saturated heterocycles. The molecular weight excluding hydrogens is 438 g/mol. The van der Waals surface area contributed by atoms with Gasteiger partial charge < -0.3 is 5.21 Å². The van der Waals surface area contributed by atoms with Crippen molar-refractivity contribution in [2.24, 2.45) is 0 Å². The van der Waals surface area contributed by atoms with Crippen LogP contribution in [0.15, 0.2) is 0 Å².